The Bertz CT molecular complexity index is 365. The fraction of sp³-hybridized carbons (Fsp3) is 0.462. The van der Waals surface area contributed by atoms with Gasteiger partial charge in [0.2, 0.25) is 5.91 Å². The lowest BCUT2D eigenvalue weighted by molar-refractivity contribution is -0.129. The number of hydrogen-bond acceptors (Lipinski definition) is 1. The first kappa shape index (κ1) is 11.9. The zero-order valence-electron chi connectivity index (χ0n) is 9.40. The topological polar surface area (TPSA) is 20.3 Å². The molecule has 0 bridgehead atoms. The van der Waals surface area contributed by atoms with Crippen molar-refractivity contribution >= 4 is 28.5 Å². The van der Waals surface area contributed by atoms with Gasteiger partial charge in [-0.3, -0.25) is 4.79 Å². The van der Waals surface area contributed by atoms with Crippen molar-refractivity contribution in [2.75, 3.05) is 11.0 Å². The number of carbonyl (C=O) groups excluding carboxylic acids is 1. The fourth-order valence-electron chi connectivity index (χ4n) is 2.20. The Hall–Kier alpha value is -0.580. The van der Waals surface area contributed by atoms with E-state index in [1.165, 1.54) is 5.56 Å². The number of amides is 1. The van der Waals surface area contributed by atoms with Crippen LogP contribution in [0.15, 0.2) is 30.3 Å². The lowest BCUT2D eigenvalue weighted by Gasteiger charge is -2.25. The Morgan fingerprint density at radius 1 is 1.44 bits per heavy atom. The van der Waals surface area contributed by atoms with E-state index in [0.29, 0.717) is 11.8 Å². The summed E-state index contributed by atoms with van der Waals surface area (Å²) in [6, 6.07) is 10.5. The number of alkyl halides is 1. The normalized spacial score (nSPS) is 22.5. The second-order valence-electron chi connectivity index (χ2n) is 4.36. The first-order chi connectivity index (χ1) is 7.72. The molecule has 3 heteroatoms. The van der Waals surface area contributed by atoms with Crippen molar-refractivity contribution in [1.82, 2.24) is 4.90 Å². The standard InChI is InChI=1S/C13H16INO/c1-10(12-5-3-2-4-6-12)15-9-11(8-14)7-13(15)16/h2-6,10-11H,7-9H2,1H3/t10-,11?/m0/s1. The van der Waals surface area contributed by atoms with E-state index in [2.05, 4.69) is 41.6 Å². The summed E-state index contributed by atoms with van der Waals surface area (Å²) in [6.07, 6.45) is 0.722. The van der Waals surface area contributed by atoms with E-state index in [0.717, 1.165) is 17.4 Å². The zero-order chi connectivity index (χ0) is 11.5. The van der Waals surface area contributed by atoms with E-state index in [9.17, 15) is 4.79 Å². The molecule has 86 valence electrons. The highest BCUT2D eigenvalue weighted by atomic mass is 127. The molecule has 2 nitrogen and oxygen atoms in total. The predicted octanol–water partition coefficient (Wildman–Crippen LogP) is 3.03. The Morgan fingerprint density at radius 3 is 2.69 bits per heavy atom. The molecule has 1 amide bonds. The van der Waals surface area contributed by atoms with Crippen LogP contribution in [0.4, 0.5) is 0 Å². The third-order valence-electron chi connectivity index (χ3n) is 3.21. The van der Waals surface area contributed by atoms with E-state index in [-0.39, 0.29) is 6.04 Å². The molecule has 0 N–H and O–H groups in total. The minimum atomic E-state index is 0.210. The van der Waals surface area contributed by atoms with Crippen molar-refractivity contribution in [2.45, 2.75) is 19.4 Å². The number of likely N-dealkylation sites (tertiary alicyclic amines) is 1. The zero-order valence-corrected chi connectivity index (χ0v) is 11.6. The molecular weight excluding hydrogens is 313 g/mol. The van der Waals surface area contributed by atoms with Crippen LogP contribution in [-0.2, 0) is 4.79 Å². The molecule has 1 aliphatic rings. The SMILES string of the molecule is C[C@@H](c1ccccc1)N1CC(CI)CC1=O. The summed E-state index contributed by atoms with van der Waals surface area (Å²) in [5, 5.41) is 0. The largest absolute Gasteiger partial charge is 0.336 e. The van der Waals surface area contributed by atoms with Crippen molar-refractivity contribution in [3.05, 3.63) is 35.9 Å². The summed E-state index contributed by atoms with van der Waals surface area (Å²) in [5.41, 5.74) is 1.23. The van der Waals surface area contributed by atoms with Crippen molar-refractivity contribution in [3.63, 3.8) is 0 Å². The van der Waals surface area contributed by atoms with Gasteiger partial charge in [0.25, 0.3) is 0 Å². The highest BCUT2D eigenvalue weighted by molar-refractivity contribution is 14.1. The Balaban J connectivity index is 2.11. The summed E-state index contributed by atoms with van der Waals surface area (Å²) in [7, 11) is 0. The van der Waals surface area contributed by atoms with Crippen molar-refractivity contribution in [1.29, 1.82) is 0 Å². The quantitative estimate of drug-likeness (QED) is 0.617. The van der Waals surface area contributed by atoms with Gasteiger partial charge in [0.1, 0.15) is 0 Å². The van der Waals surface area contributed by atoms with E-state index in [1.54, 1.807) is 0 Å². The lowest BCUT2D eigenvalue weighted by Crippen LogP contribution is -2.28. The molecule has 1 heterocycles. The molecular formula is C13H16INO. The summed E-state index contributed by atoms with van der Waals surface area (Å²) >= 11 is 2.37. The first-order valence-corrected chi connectivity index (χ1v) is 7.15. The van der Waals surface area contributed by atoms with Gasteiger partial charge in [0, 0.05) is 17.4 Å². The maximum Gasteiger partial charge on any atom is 0.223 e. The molecule has 0 saturated carbocycles. The van der Waals surface area contributed by atoms with Gasteiger partial charge in [0.05, 0.1) is 6.04 Å². The average molecular weight is 329 g/mol. The van der Waals surface area contributed by atoms with Gasteiger partial charge in [-0.1, -0.05) is 52.9 Å². The number of rotatable bonds is 3. The molecule has 1 unspecified atom stereocenters. The lowest BCUT2D eigenvalue weighted by atomic mass is 10.1. The number of halogens is 1. The third-order valence-corrected chi connectivity index (χ3v) is 4.45. The summed E-state index contributed by atoms with van der Waals surface area (Å²) in [4.78, 5) is 13.9. The van der Waals surface area contributed by atoms with Gasteiger partial charge in [-0.2, -0.15) is 0 Å². The third kappa shape index (κ3) is 2.39. The van der Waals surface area contributed by atoms with Gasteiger partial charge >= 0.3 is 0 Å². The summed E-state index contributed by atoms with van der Waals surface area (Å²) in [6.45, 7) is 3.03. The van der Waals surface area contributed by atoms with E-state index < -0.39 is 0 Å². The highest BCUT2D eigenvalue weighted by Crippen LogP contribution is 2.28. The van der Waals surface area contributed by atoms with Gasteiger partial charge in [-0.15, -0.1) is 0 Å². The van der Waals surface area contributed by atoms with Crippen molar-refractivity contribution < 1.29 is 4.79 Å². The highest BCUT2D eigenvalue weighted by Gasteiger charge is 2.32. The maximum atomic E-state index is 11.9. The predicted molar refractivity (Wildman–Crippen MR) is 73.6 cm³/mol. The number of carbonyl (C=O) groups is 1. The fourth-order valence-corrected chi connectivity index (χ4v) is 2.79. The van der Waals surface area contributed by atoms with Crippen LogP contribution >= 0.6 is 22.6 Å². The average Bonchev–Trinajstić information content (AvgIpc) is 2.71. The second-order valence-corrected chi connectivity index (χ2v) is 5.24. The molecule has 2 rings (SSSR count). The second kappa shape index (κ2) is 5.17. The Labute approximate surface area is 110 Å². The van der Waals surface area contributed by atoms with Gasteiger partial charge < -0.3 is 4.90 Å². The van der Waals surface area contributed by atoms with Crippen LogP contribution in [0.3, 0.4) is 0 Å². The molecule has 1 aromatic rings. The molecule has 0 spiro atoms. The molecule has 16 heavy (non-hydrogen) atoms. The van der Waals surface area contributed by atoms with Crippen LogP contribution in [0.5, 0.6) is 0 Å². The van der Waals surface area contributed by atoms with Gasteiger partial charge in [-0.25, -0.2) is 0 Å². The van der Waals surface area contributed by atoms with Crippen LogP contribution in [0.2, 0.25) is 0 Å². The van der Waals surface area contributed by atoms with Gasteiger partial charge in [-0.05, 0) is 18.4 Å². The Morgan fingerprint density at radius 2 is 2.12 bits per heavy atom. The van der Waals surface area contributed by atoms with E-state index >= 15 is 0 Å². The first-order valence-electron chi connectivity index (χ1n) is 5.62. The number of benzene rings is 1. The van der Waals surface area contributed by atoms with Crippen LogP contribution in [0.25, 0.3) is 0 Å². The molecule has 1 fully saturated rings. The monoisotopic (exact) mass is 329 g/mol. The van der Waals surface area contributed by atoms with Crippen LogP contribution in [0.1, 0.15) is 24.9 Å². The molecule has 0 radical (unpaired) electrons. The molecule has 0 aliphatic carbocycles. The molecule has 1 aromatic carbocycles. The smallest absolute Gasteiger partial charge is 0.223 e. The Kier molecular flexibility index (Phi) is 3.84. The van der Waals surface area contributed by atoms with E-state index in [1.807, 2.05) is 23.1 Å². The van der Waals surface area contributed by atoms with Gasteiger partial charge in [0.15, 0.2) is 0 Å². The number of nitrogens with zero attached hydrogens (tertiary/aromatic N) is 1. The minimum absolute atomic E-state index is 0.210. The minimum Gasteiger partial charge on any atom is -0.336 e. The van der Waals surface area contributed by atoms with Crippen LogP contribution in [0, 0.1) is 5.92 Å². The number of hydrogen-bond donors (Lipinski definition) is 0. The molecule has 1 aliphatic heterocycles. The molecule has 2 atom stereocenters. The van der Waals surface area contributed by atoms with Crippen molar-refractivity contribution in [2.24, 2.45) is 5.92 Å². The van der Waals surface area contributed by atoms with Crippen LogP contribution < -0.4 is 0 Å². The van der Waals surface area contributed by atoms with E-state index in [4.69, 9.17) is 0 Å². The molecule has 1 saturated heterocycles. The van der Waals surface area contributed by atoms with Crippen molar-refractivity contribution in [3.8, 4) is 0 Å². The summed E-state index contributed by atoms with van der Waals surface area (Å²) < 4.78 is 1.07. The maximum absolute atomic E-state index is 11.9. The van der Waals surface area contributed by atoms with Crippen LogP contribution in [-0.4, -0.2) is 21.8 Å². The summed E-state index contributed by atoms with van der Waals surface area (Å²) in [5.74, 6) is 0.845. The molecule has 0 aromatic heterocycles.